The summed E-state index contributed by atoms with van der Waals surface area (Å²) in [5, 5.41) is 0. The van der Waals surface area contributed by atoms with E-state index >= 15 is 0 Å². The van der Waals surface area contributed by atoms with Crippen molar-refractivity contribution in [1.82, 2.24) is 9.62 Å². The molecular formula is C16H23FN2O3S. The molecule has 1 saturated heterocycles. The lowest BCUT2D eigenvalue weighted by atomic mass is 10.1. The molecule has 5 nitrogen and oxygen atoms in total. The number of amides is 1. The highest BCUT2D eigenvalue weighted by molar-refractivity contribution is 7.89. The van der Waals surface area contributed by atoms with Gasteiger partial charge in [-0.25, -0.2) is 17.5 Å². The van der Waals surface area contributed by atoms with E-state index in [9.17, 15) is 17.6 Å². The van der Waals surface area contributed by atoms with Gasteiger partial charge in [-0.2, -0.15) is 0 Å². The van der Waals surface area contributed by atoms with Gasteiger partial charge in [0.25, 0.3) is 5.91 Å². The minimum Gasteiger partial charge on any atom is -0.337 e. The van der Waals surface area contributed by atoms with Crippen molar-refractivity contribution < 1.29 is 17.6 Å². The van der Waals surface area contributed by atoms with Crippen LogP contribution in [0.4, 0.5) is 4.39 Å². The van der Waals surface area contributed by atoms with Crippen LogP contribution in [0.25, 0.3) is 0 Å². The molecule has 1 atom stereocenters. The molecule has 1 fully saturated rings. The van der Waals surface area contributed by atoms with Crippen molar-refractivity contribution in [3.63, 3.8) is 0 Å². The van der Waals surface area contributed by atoms with Crippen LogP contribution in [0, 0.1) is 19.7 Å². The Morgan fingerprint density at radius 1 is 1.35 bits per heavy atom. The third kappa shape index (κ3) is 4.29. The topological polar surface area (TPSA) is 66.5 Å². The number of likely N-dealkylation sites (tertiary alicyclic amines) is 1. The number of carbonyl (C=O) groups excluding carboxylic acids is 1. The van der Waals surface area contributed by atoms with Gasteiger partial charge in [-0.15, -0.1) is 0 Å². The van der Waals surface area contributed by atoms with Gasteiger partial charge in [0.15, 0.2) is 0 Å². The number of hydrogen-bond donors (Lipinski definition) is 1. The molecule has 0 saturated carbocycles. The van der Waals surface area contributed by atoms with E-state index in [0.29, 0.717) is 42.6 Å². The van der Waals surface area contributed by atoms with Crippen LogP contribution in [0.3, 0.4) is 0 Å². The lowest BCUT2D eigenvalue weighted by Gasteiger charge is -2.18. The number of benzene rings is 1. The summed E-state index contributed by atoms with van der Waals surface area (Å²) in [6.07, 6.45) is 1.15. The fourth-order valence-electron chi connectivity index (χ4n) is 2.87. The van der Waals surface area contributed by atoms with Crippen LogP contribution < -0.4 is 4.72 Å². The number of sulfonamides is 1. The van der Waals surface area contributed by atoms with E-state index < -0.39 is 10.0 Å². The molecule has 7 heteroatoms. The van der Waals surface area contributed by atoms with Gasteiger partial charge < -0.3 is 4.90 Å². The Labute approximate surface area is 136 Å². The van der Waals surface area contributed by atoms with E-state index in [0.717, 1.165) is 0 Å². The Morgan fingerprint density at radius 3 is 2.52 bits per heavy atom. The summed E-state index contributed by atoms with van der Waals surface area (Å²) >= 11 is 0. The molecule has 1 heterocycles. The largest absolute Gasteiger partial charge is 0.337 e. The van der Waals surface area contributed by atoms with Crippen molar-refractivity contribution in [2.45, 2.75) is 39.7 Å². The minimum atomic E-state index is -3.29. The number of nitrogens with one attached hydrogen (secondary N) is 1. The summed E-state index contributed by atoms with van der Waals surface area (Å²) in [6.45, 7) is 5.91. The summed E-state index contributed by atoms with van der Waals surface area (Å²) in [5.74, 6) is -0.394. The Kier molecular flexibility index (Phi) is 5.41. The second-order valence-electron chi connectivity index (χ2n) is 6.10. The molecule has 1 aliphatic heterocycles. The molecule has 0 radical (unpaired) electrons. The van der Waals surface area contributed by atoms with Gasteiger partial charge >= 0.3 is 0 Å². The van der Waals surface area contributed by atoms with E-state index in [1.54, 1.807) is 30.9 Å². The maximum Gasteiger partial charge on any atom is 0.253 e. The molecule has 0 aromatic heterocycles. The second kappa shape index (κ2) is 6.97. The predicted molar refractivity (Wildman–Crippen MR) is 87.4 cm³/mol. The van der Waals surface area contributed by atoms with E-state index in [1.165, 1.54) is 0 Å². The average molecular weight is 342 g/mol. The first-order valence-corrected chi connectivity index (χ1v) is 9.44. The van der Waals surface area contributed by atoms with Crippen molar-refractivity contribution in [3.8, 4) is 0 Å². The predicted octanol–water partition coefficient (Wildman–Crippen LogP) is 1.99. The van der Waals surface area contributed by atoms with Crippen LogP contribution in [-0.2, 0) is 10.0 Å². The van der Waals surface area contributed by atoms with Crippen LogP contribution in [0.15, 0.2) is 12.1 Å². The Hall–Kier alpha value is -1.47. The van der Waals surface area contributed by atoms with E-state index in [-0.39, 0.29) is 23.5 Å². The highest BCUT2D eigenvalue weighted by Gasteiger charge is 2.29. The van der Waals surface area contributed by atoms with Crippen LogP contribution >= 0.6 is 0 Å². The molecule has 0 aliphatic carbocycles. The molecule has 128 valence electrons. The number of hydrogen-bond acceptors (Lipinski definition) is 3. The van der Waals surface area contributed by atoms with Crippen molar-refractivity contribution in [1.29, 1.82) is 0 Å². The third-order valence-electron chi connectivity index (χ3n) is 3.98. The average Bonchev–Trinajstić information content (AvgIpc) is 2.90. The molecule has 1 amide bonds. The number of carbonyl (C=O) groups is 1. The SMILES string of the molecule is CCCS(=O)(=O)N[C@@H]1CCN(C(=O)c2cc(C)c(F)c(C)c2)C1. The van der Waals surface area contributed by atoms with E-state index in [1.807, 2.05) is 6.92 Å². The molecule has 1 N–H and O–H groups in total. The van der Waals surface area contributed by atoms with Crippen molar-refractivity contribution in [2.24, 2.45) is 0 Å². The number of aryl methyl sites for hydroxylation is 2. The van der Waals surface area contributed by atoms with Crippen LogP contribution in [0.1, 0.15) is 41.3 Å². The number of rotatable bonds is 5. The van der Waals surface area contributed by atoms with Crippen molar-refractivity contribution in [2.75, 3.05) is 18.8 Å². The monoisotopic (exact) mass is 342 g/mol. The zero-order chi connectivity index (χ0) is 17.2. The summed E-state index contributed by atoms with van der Waals surface area (Å²) in [4.78, 5) is 14.1. The molecule has 2 rings (SSSR count). The highest BCUT2D eigenvalue weighted by Crippen LogP contribution is 2.19. The van der Waals surface area contributed by atoms with E-state index in [4.69, 9.17) is 0 Å². The molecule has 0 unspecified atom stereocenters. The van der Waals surface area contributed by atoms with Crippen molar-refractivity contribution >= 4 is 15.9 Å². The summed E-state index contributed by atoms with van der Waals surface area (Å²) < 4.78 is 39.9. The van der Waals surface area contributed by atoms with Crippen LogP contribution in [-0.4, -0.2) is 44.1 Å². The van der Waals surface area contributed by atoms with Gasteiger partial charge in [-0.05, 0) is 49.9 Å². The van der Waals surface area contributed by atoms with Gasteiger partial charge in [-0.1, -0.05) is 6.92 Å². The zero-order valence-electron chi connectivity index (χ0n) is 13.7. The summed E-state index contributed by atoms with van der Waals surface area (Å²) in [5.41, 5.74) is 1.32. The number of halogens is 1. The third-order valence-corrected chi connectivity index (χ3v) is 5.62. The molecule has 0 bridgehead atoms. The quantitative estimate of drug-likeness (QED) is 0.890. The maximum absolute atomic E-state index is 13.7. The second-order valence-corrected chi connectivity index (χ2v) is 7.97. The highest BCUT2D eigenvalue weighted by atomic mass is 32.2. The van der Waals surface area contributed by atoms with Gasteiger partial charge in [0, 0.05) is 24.7 Å². The smallest absolute Gasteiger partial charge is 0.253 e. The van der Waals surface area contributed by atoms with E-state index in [2.05, 4.69) is 4.72 Å². The minimum absolute atomic E-state index is 0.0911. The lowest BCUT2D eigenvalue weighted by Crippen LogP contribution is -2.39. The van der Waals surface area contributed by atoms with Gasteiger partial charge in [0.2, 0.25) is 10.0 Å². The van der Waals surface area contributed by atoms with Crippen LogP contribution in [0.2, 0.25) is 0 Å². The fraction of sp³-hybridized carbons (Fsp3) is 0.562. The molecular weight excluding hydrogens is 319 g/mol. The molecule has 1 aromatic carbocycles. The summed E-state index contributed by atoms with van der Waals surface area (Å²) in [6, 6.07) is 2.83. The Balaban J connectivity index is 2.06. The summed E-state index contributed by atoms with van der Waals surface area (Å²) in [7, 11) is -3.29. The van der Waals surface area contributed by atoms with Gasteiger partial charge in [-0.3, -0.25) is 4.79 Å². The molecule has 1 aliphatic rings. The van der Waals surface area contributed by atoms with Gasteiger partial charge in [0.05, 0.1) is 5.75 Å². The van der Waals surface area contributed by atoms with Crippen molar-refractivity contribution in [3.05, 3.63) is 34.6 Å². The number of nitrogens with zero attached hydrogens (tertiary/aromatic N) is 1. The molecule has 23 heavy (non-hydrogen) atoms. The zero-order valence-corrected chi connectivity index (χ0v) is 14.5. The first-order chi connectivity index (χ1) is 10.7. The molecule has 0 spiro atoms. The maximum atomic E-state index is 13.7. The Bertz CT molecular complexity index is 680. The van der Waals surface area contributed by atoms with Gasteiger partial charge in [0.1, 0.15) is 5.82 Å². The first kappa shape index (κ1) is 17.9. The molecule has 1 aromatic rings. The fourth-order valence-corrected chi connectivity index (χ4v) is 4.23. The normalized spacial score (nSPS) is 18.4. The Morgan fingerprint density at radius 2 is 1.96 bits per heavy atom. The first-order valence-electron chi connectivity index (χ1n) is 7.79. The lowest BCUT2D eigenvalue weighted by molar-refractivity contribution is 0.0790. The van der Waals surface area contributed by atoms with Crippen LogP contribution in [0.5, 0.6) is 0 Å². The standard InChI is InChI=1S/C16H23FN2O3S/c1-4-7-23(21,22)18-14-5-6-19(10-14)16(20)13-8-11(2)15(17)12(3)9-13/h8-9,14,18H,4-7,10H2,1-3H3/t14-/m1/s1.